The van der Waals surface area contributed by atoms with Gasteiger partial charge in [0.1, 0.15) is 4.51 Å². The molecule has 1 rings (SSSR count). The van der Waals surface area contributed by atoms with Crippen molar-refractivity contribution in [3.05, 3.63) is 20.3 Å². The zero-order valence-electron chi connectivity index (χ0n) is 11.6. The number of nitrogens with one attached hydrogen (secondary N) is 3. The van der Waals surface area contributed by atoms with Crippen LogP contribution in [0.4, 0.5) is 5.69 Å². The predicted octanol–water partition coefficient (Wildman–Crippen LogP) is 1.17. The Labute approximate surface area is 114 Å². The maximum absolute atomic E-state index is 11.7. The van der Waals surface area contributed by atoms with Crippen LogP contribution in [0.5, 0.6) is 0 Å². The molecular weight excluding hydrogens is 246 g/mol. The van der Waals surface area contributed by atoms with Crippen molar-refractivity contribution in [3.63, 3.8) is 0 Å². The first-order valence-electron chi connectivity index (χ1n) is 6.32. The second-order valence-electron chi connectivity index (χ2n) is 5.44. The maximum atomic E-state index is 11.7. The highest BCUT2D eigenvalue weighted by molar-refractivity contribution is 7.71. The molecular formula is C13H23N3OS. The fourth-order valence-corrected chi connectivity index (χ4v) is 2.17. The lowest BCUT2D eigenvalue weighted by Gasteiger charge is -2.25. The van der Waals surface area contributed by atoms with Crippen LogP contribution in [0.15, 0.2) is 4.79 Å². The lowest BCUT2D eigenvalue weighted by atomic mass is 9.83. The molecule has 3 N–H and O–H groups in total. The van der Waals surface area contributed by atoms with Crippen molar-refractivity contribution < 1.29 is 0 Å². The minimum Gasteiger partial charge on any atom is -0.382 e. The monoisotopic (exact) mass is 269 g/mol. The summed E-state index contributed by atoms with van der Waals surface area (Å²) < 4.78 is 0.454. The molecule has 5 heteroatoms. The summed E-state index contributed by atoms with van der Waals surface area (Å²) in [5, 5.41) is 9.63. The van der Waals surface area contributed by atoms with Crippen LogP contribution in [0.3, 0.4) is 0 Å². The van der Waals surface area contributed by atoms with Gasteiger partial charge in [-0.15, -0.1) is 0 Å². The van der Waals surface area contributed by atoms with E-state index in [1.54, 1.807) is 0 Å². The standard InChI is InChI=1S/C13H23N3OS/c1-13(2,3)9-10(12(18)11(9)17)16-8-7-15-6-5-14-4/h14-16H,5-8H2,1-4H3. The minimum atomic E-state index is -0.138. The van der Waals surface area contributed by atoms with Gasteiger partial charge in [-0.05, 0) is 12.5 Å². The van der Waals surface area contributed by atoms with E-state index in [1.807, 2.05) is 27.8 Å². The van der Waals surface area contributed by atoms with Crippen molar-refractivity contribution in [2.75, 3.05) is 38.5 Å². The quantitative estimate of drug-likeness (QED) is 0.512. The first kappa shape index (κ1) is 15.3. The molecule has 4 nitrogen and oxygen atoms in total. The van der Waals surface area contributed by atoms with E-state index in [2.05, 4.69) is 16.0 Å². The first-order valence-corrected chi connectivity index (χ1v) is 6.73. The number of hydrogen-bond donors (Lipinski definition) is 3. The van der Waals surface area contributed by atoms with Crippen LogP contribution >= 0.6 is 12.2 Å². The third kappa shape index (κ3) is 3.60. The number of rotatable bonds is 7. The molecule has 0 aliphatic rings. The highest BCUT2D eigenvalue weighted by Gasteiger charge is 2.27. The Morgan fingerprint density at radius 3 is 2.28 bits per heavy atom. The second-order valence-corrected chi connectivity index (χ2v) is 5.85. The SMILES string of the molecule is CNCCNCCNc1c(C(C)(C)C)c(=O)c1=S. The summed E-state index contributed by atoms with van der Waals surface area (Å²) in [6.07, 6.45) is 0. The summed E-state index contributed by atoms with van der Waals surface area (Å²) in [5.41, 5.74) is 1.60. The summed E-state index contributed by atoms with van der Waals surface area (Å²) in [5.74, 6) is 0. The van der Waals surface area contributed by atoms with E-state index in [0.29, 0.717) is 4.51 Å². The molecule has 0 saturated carbocycles. The molecule has 0 bridgehead atoms. The van der Waals surface area contributed by atoms with Crippen LogP contribution in [0.2, 0.25) is 0 Å². The van der Waals surface area contributed by atoms with E-state index in [4.69, 9.17) is 12.2 Å². The third-order valence-corrected chi connectivity index (χ3v) is 3.21. The van der Waals surface area contributed by atoms with E-state index in [9.17, 15) is 4.79 Å². The highest BCUT2D eigenvalue weighted by Crippen LogP contribution is 2.29. The van der Waals surface area contributed by atoms with Crippen LogP contribution < -0.4 is 21.4 Å². The zero-order chi connectivity index (χ0) is 13.8. The van der Waals surface area contributed by atoms with Crippen molar-refractivity contribution in [2.45, 2.75) is 26.2 Å². The van der Waals surface area contributed by atoms with E-state index >= 15 is 0 Å². The van der Waals surface area contributed by atoms with Crippen LogP contribution in [0.1, 0.15) is 26.3 Å². The van der Waals surface area contributed by atoms with Gasteiger partial charge >= 0.3 is 0 Å². The first-order chi connectivity index (χ1) is 8.39. The molecule has 0 heterocycles. The molecule has 0 fully saturated rings. The van der Waals surface area contributed by atoms with Gasteiger partial charge in [-0.1, -0.05) is 33.0 Å². The van der Waals surface area contributed by atoms with Gasteiger partial charge in [0.05, 0.1) is 5.69 Å². The van der Waals surface area contributed by atoms with Gasteiger partial charge in [-0.2, -0.15) is 0 Å². The van der Waals surface area contributed by atoms with E-state index in [0.717, 1.165) is 37.4 Å². The third-order valence-electron chi connectivity index (χ3n) is 2.82. The fraction of sp³-hybridized carbons (Fsp3) is 0.692. The molecule has 0 radical (unpaired) electrons. The Morgan fingerprint density at radius 1 is 1.11 bits per heavy atom. The van der Waals surface area contributed by atoms with Gasteiger partial charge in [0, 0.05) is 31.7 Å². The lowest BCUT2D eigenvalue weighted by molar-refractivity contribution is 0.581. The maximum Gasteiger partial charge on any atom is 0.204 e. The summed E-state index contributed by atoms with van der Waals surface area (Å²) >= 11 is 5.09. The molecule has 0 atom stereocenters. The van der Waals surface area contributed by atoms with E-state index < -0.39 is 0 Å². The van der Waals surface area contributed by atoms with Gasteiger partial charge in [0.15, 0.2) is 0 Å². The molecule has 0 aromatic heterocycles. The van der Waals surface area contributed by atoms with E-state index in [-0.39, 0.29) is 10.8 Å². The van der Waals surface area contributed by atoms with Gasteiger partial charge in [0.2, 0.25) is 5.43 Å². The van der Waals surface area contributed by atoms with Crippen molar-refractivity contribution in [1.29, 1.82) is 0 Å². The topological polar surface area (TPSA) is 53.2 Å². The van der Waals surface area contributed by atoms with E-state index in [1.165, 1.54) is 0 Å². The van der Waals surface area contributed by atoms with Gasteiger partial charge < -0.3 is 16.0 Å². The van der Waals surface area contributed by atoms with Crippen molar-refractivity contribution >= 4 is 17.9 Å². The Kier molecular flexibility index (Phi) is 5.44. The average molecular weight is 269 g/mol. The largest absolute Gasteiger partial charge is 0.382 e. The van der Waals surface area contributed by atoms with Crippen LogP contribution in [-0.2, 0) is 5.41 Å². The molecule has 0 aliphatic carbocycles. The molecule has 0 unspecified atom stereocenters. The predicted molar refractivity (Wildman–Crippen MR) is 79.9 cm³/mol. The van der Waals surface area contributed by atoms with Gasteiger partial charge in [-0.3, -0.25) is 4.79 Å². The normalized spacial score (nSPS) is 12.0. The summed E-state index contributed by atoms with van der Waals surface area (Å²) in [6, 6.07) is 0. The molecule has 0 amide bonds. The summed E-state index contributed by atoms with van der Waals surface area (Å²) in [6.45, 7) is 9.64. The fourth-order valence-electron chi connectivity index (χ4n) is 1.89. The molecule has 0 aliphatic heterocycles. The van der Waals surface area contributed by atoms with Crippen molar-refractivity contribution in [2.24, 2.45) is 0 Å². The molecule has 102 valence electrons. The van der Waals surface area contributed by atoms with Gasteiger partial charge in [0.25, 0.3) is 0 Å². The van der Waals surface area contributed by atoms with Gasteiger partial charge in [-0.25, -0.2) is 0 Å². The molecule has 1 aromatic rings. The zero-order valence-corrected chi connectivity index (χ0v) is 12.5. The van der Waals surface area contributed by atoms with Crippen LogP contribution in [0, 0.1) is 4.51 Å². The average Bonchev–Trinajstić information content (AvgIpc) is 2.29. The minimum absolute atomic E-state index is 0.0307. The number of hydrogen-bond acceptors (Lipinski definition) is 5. The second kappa shape index (κ2) is 6.41. The highest BCUT2D eigenvalue weighted by atomic mass is 32.1. The molecule has 18 heavy (non-hydrogen) atoms. The number of anilines is 1. The Balaban J connectivity index is 2.47. The van der Waals surface area contributed by atoms with Crippen LogP contribution in [-0.4, -0.2) is 33.2 Å². The van der Waals surface area contributed by atoms with Crippen LogP contribution in [0.25, 0.3) is 0 Å². The Hall–Kier alpha value is -0.780. The molecule has 0 saturated heterocycles. The Bertz CT molecular complexity index is 455. The molecule has 1 aromatic carbocycles. The summed E-state index contributed by atoms with van der Waals surface area (Å²) in [7, 11) is 1.93. The molecule has 0 spiro atoms. The van der Waals surface area contributed by atoms with Crippen molar-refractivity contribution in [3.8, 4) is 0 Å². The number of likely N-dealkylation sites (N-methyl/N-ethyl adjacent to an activating group) is 1. The smallest absolute Gasteiger partial charge is 0.204 e. The van der Waals surface area contributed by atoms with Crippen molar-refractivity contribution in [1.82, 2.24) is 10.6 Å². The lowest BCUT2D eigenvalue weighted by Crippen LogP contribution is -2.33. The summed E-state index contributed by atoms with van der Waals surface area (Å²) in [4.78, 5) is 11.7. The Morgan fingerprint density at radius 2 is 1.72 bits per heavy atom.